The van der Waals surface area contributed by atoms with Gasteiger partial charge in [-0.2, -0.15) is 0 Å². The Morgan fingerprint density at radius 2 is 1.86 bits per heavy atom. The van der Waals surface area contributed by atoms with Gasteiger partial charge in [0.25, 0.3) is 0 Å². The minimum atomic E-state index is -0.287. The quantitative estimate of drug-likeness (QED) is 0.770. The van der Waals surface area contributed by atoms with Gasteiger partial charge < -0.3 is 10.6 Å². The van der Waals surface area contributed by atoms with E-state index in [0.29, 0.717) is 12.2 Å². The van der Waals surface area contributed by atoms with Crippen LogP contribution in [0.4, 0.5) is 10.5 Å². The van der Waals surface area contributed by atoms with Gasteiger partial charge in [-0.25, -0.2) is 9.48 Å². The van der Waals surface area contributed by atoms with Gasteiger partial charge in [0.2, 0.25) is 0 Å². The van der Waals surface area contributed by atoms with Gasteiger partial charge >= 0.3 is 6.03 Å². The summed E-state index contributed by atoms with van der Waals surface area (Å²) < 4.78 is 1.63. The number of benzene rings is 1. The highest BCUT2D eigenvalue weighted by atomic mass is 16.2. The van der Waals surface area contributed by atoms with Crippen molar-refractivity contribution in [2.75, 3.05) is 5.32 Å². The van der Waals surface area contributed by atoms with E-state index in [9.17, 15) is 4.79 Å². The number of carbonyl (C=O) groups excluding carboxylic acids is 1. The fraction of sp³-hybridized carbons (Fsp3) is 0.0667. The maximum Gasteiger partial charge on any atom is 0.319 e. The maximum atomic E-state index is 11.8. The number of rotatable bonds is 4. The van der Waals surface area contributed by atoms with Crippen LogP contribution in [0.15, 0.2) is 61.1 Å². The summed E-state index contributed by atoms with van der Waals surface area (Å²) in [7, 11) is 0. The van der Waals surface area contributed by atoms with E-state index >= 15 is 0 Å². The molecule has 1 aromatic carbocycles. The van der Waals surface area contributed by atoms with E-state index in [1.807, 2.05) is 42.5 Å². The van der Waals surface area contributed by atoms with E-state index in [1.165, 1.54) is 0 Å². The largest absolute Gasteiger partial charge is 0.332 e. The highest BCUT2D eigenvalue weighted by Gasteiger charge is 2.05. The molecule has 0 atom stereocenters. The summed E-state index contributed by atoms with van der Waals surface area (Å²) in [6.07, 6.45) is 5.13. The topological polar surface area (TPSA) is 84.7 Å². The predicted molar refractivity (Wildman–Crippen MR) is 81.5 cm³/mol. The van der Waals surface area contributed by atoms with Crippen molar-refractivity contribution in [2.45, 2.75) is 6.54 Å². The Labute approximate surface area is 127 Å². The number of amides is 2. The first-order valence-corrected chi connectivity index (χ1v) is 6.73. The van der Waals surface area contributed by atoms with E-state index < -0.39 is 0 Å². The molecule has 0 aliphatic carbocycles. The molecule has 2 amide bonds. The molecule has 0 aliphatic rings. The van der Waals surface area contributed by atoms with Crippen molar-refractivity contribution in [1.29, 1.82) is 0 Å². The van der Waals surface area contributed by atoms with Crippen molar-refractivity contribution in [3.8, 4) is 5.69 Å². The van der Waals surface area contributed by atoms with Gasteiger partial charge in [-0.15, -0.1) is 5.10 Å². The maximum absolute atomic E-state index is 11.8. The number of anilines is 1. The van der Waals surface area contributed by atoms with Crippen LogP contribution >= 0.6 is 0 Å². The molecule has 3 rings (SSSR count). The summed E-state index contributed by atoms with van der Waals surface area (Å²) in [5.74, 6) is 0. The molecule has 3 aromatic rings. The summed E-state index contributed by atoms with van der Waals surface area (Å²) in [4.78, 5) is 15.7. The SMILES string of the molecule is O=C(NCc1cn(-c2ccncc2)nn1)Nc1ccccc1. The molecule has 0 saturated heterocycles. The molecule has 0 unspecified atom stereocenters. The average Bonchev–Trinajstić information content (AvgIpc) is 3.04. The van der Waals surface area contributed by atoms with E-state index in [0.717, 1.165) is 11.4 Å². The second-order valence-electron chi connectivity index (χ2n) is 4.53. The number of para-hydroxylation sites is 1. The third-order valence-corrected chi connectivity index (χ3v) is 2.93. The van der Waals surface area contributed by atoms with E-state index in [1.54, 1.807) is 23.3 Å². The Balaban J connectivity index is 1.56. The van der Waals surface area contributed by atoms with Crippen LogP contribution in [-0.2, 0) is 6.54 Å². The molecular weight excluding hydrogens is 280 g/mol. The highest BCUT2D eigenvalue weighted by Crippen LogP contribution is 2.06. The van der Waals surface area contributed by atoms with Crippen LogP contribution in [0, 0.1) is 0 Å². The van der Waals surface area contributed by atoms with Crippen molar-refractivity contribution in [3.63, 3.8) is 0 Å². The van der Waals surface area contributed by atoms with Crippen LogP contribution in [-0.4, -0.2) is 26.0 Å². The van der Waals surface area contributed by atoms with Gasteiger partial charge in [-0.3, -0.25) is 4.98 Å². The van der Waals surface area contributed by atoms with E-state index in [4.69, 9.17) is 0 Å². The fourth-order valence-electron chi connectivity index (χ4n) is 1.87. The van der Waals surface area contributed by atoms with Gasteiger partial charge in [0.15, 0.2) is 0 Å². The molecule has 0 bridgehead atoms. The molecule has 110 valence electrons. The van der Waals surface area contributed by atoms with Crippen LogP contribution in [0.1, 0.15) is 5.69 Å². The summed E-state index contributed by atoms with van der Waals surface area (Å²) in [5, 5.41) is 13.5. The lowest BCUT2D eigenvalue weighted by molar-refractivity contribution is 0.251. The molecule has 2 heterocycles. The van der Waals surface area contributed by atoms with Crippen molar-refractivity contribution >= 4 is 11.7 Å². The number of urea groups is 1. The second-order valence-corrected chi connectivity index (χ2v) is 4.53. The minimum absolute atomic E-state index is 0.287. The number of hydrogen-bond donors (Lipinski definition) is 2. The summed E-state index contributed by atoms with van der Waals surface area (Å²) >= 11 is 0. The van der Waals surface area contributed by atoms with Crippen LogP contribution in [0.2, 0.25) is 0 Å². The molecule has 0 saturated carbocycles. The molecule has 22 heavy (non-hydrogen) atoms. The number of nitrogens with zero attached hydrogens (tertiary/aromatic N) is 4. The lowest BCUT2D eigenvalue weighted by Crippen LogP contribution is -2.28. The van der Waals surface area contributed by atoms with Crippen LogP contribution in [0.25, 0.3) is 5.69 Å². The first-order chi connectivity index (χ1) is 10.8. The number of pyridine rings is 1. The summed E-state index contributed by atoms with van der Waals surface area (Å²) in [6, 6.07) is 12.6. The lowest BCUT2D eigenvalue weighted by Gasteiger charge is -2.05. The number of nitrogens with one attached hydrogen (secondary N) is 2. The molecule has 0 aliphatic heterocycles. The Morgan fingerprint density at radius 1 is 1.09 bits per heavy atom. The summed E-state index contributed by atoms with van der Waals surface area (Å²) in [6.45, 7) is 0.295. The van der Waals surface area contributed by atoms with Gasteiger partial charge in [0.05, 0.1) is 18.4 Å². The molecule has 0 fully saturated rings. The van der Waals surface area contributed by atoms with Gasteiger partial charge in [-0.05, 0) is 24.3 Å². The first-order valence-electron chi connectivity index (χ1n) is 6.73. The molecule has 7 nitrogen and oxygen atoms in total. The van der Waals surface area contributed by atoms with Crippen molar-refractivity contribution < 1.29 is 4.79 Å². The molecule has 7 heteroatoms. The summed E-state index contributed by atoms with van der Waals surface area (Å²) in [5.41, 5.74) is 2.27. The standard InChI is InChI=1S/C15H14N6O/c22-15(18-12-4-2-1-3-5-12)17-10-13-11-21(20-19-13)14-6-8-16-9-7-14/h1-9,11H,10H2,(H2,17,18,22). The zero-order chi connectivity index (χ0) is 15.2. The fourth-order valence-corrected chi connectivity index (χ4v) is 1.87. The smallest absolute Gasteiger partial charge is 0.319 e. The third kappa shape index (κ3) is 3.45. The zero-order valence-corrected chi connectivity index (χ0v) is 11.7. The number of carbonyl (C=O) groups is 1. The Morgan fingerprint density at radius 3 is 2.64 bits per heavy atom. The van der Waals surface area contributed by atoms with Crippen LogP contribution in [0.5, 0.6) is 0 Å². The Bertz CT molecular complexity index is 741. The highest BCUT2D eigenvalue weighted by molar-refractivity contribution is 5.89. The van der Waals surface area contributed by atoms with Gasteiger partial charge in [0.1, 0.15) is 5.69 Å². The van der Waals surface area contributed by atoms with Crippen molar-refractivity contribution in [3.05, 3.63) is 66.7 Å². The number of hydrogen-bond acceptors (Lipinski definition) is 4. The lowest BCUT2D eigenvalue weighted by atomic mass is 10.3. The second kappa shape index (κ2) is 6.49. The monoisotopic (exact) mass is 294 g/mol. The Kier molecular flexibility index (Phi) is 4.05. The van der Waals surface area contributed by atoms with Crippen molar-refractivity contribution in [2.24, 2.45) is 0 Å². The molecular formula is C15H14N6O. The normalized spacial score (nSPS) is 10.2. The van der Waals surface area contributed by atoms with E-state index in [-0.39, 0.29) is 6.03 Å². The van der Waals surface area contributed by atoms with E-state index in [2.05, 4.69) is 25.9 Å². The molecule has 2 aromatic heterocycles. The molecule has 0 spiro atoms. The minimum Gasteiger partial charge on any atom is -0.332 e. The van der Waals surface area contributed by atoms with Crippen molar-refractivity contribution in [1.82, 2.24) is 25.3 Å². The van der Waals surface area contributed by atoms with Gasteiger partial charge in [0, 0.05) is 18.1 Å². The van der Waals surface area contributed by atoms with Gasteiger partial charge in [-0.1, -0.05) is 23.4 Å². The molecule has 0 radical (unpaired) electrons. The third-order valence-electron chi connectivity index (χ3n) is 2.93. The number of aromatic nitrogens is 4. The first kappa shape index (κ1) is 13.7. The predicted octanol–water partition coefficient (Wildman–Crippen LogP) is 1.98. The zero-order valence-electron chi connectivity index (χ0n) is 11.7. The average molecular weight is 294 g/mol. The molecule has 2 N–H and O–H groups in total. The Hall–Kier alpha value is -3.22. The van der Waals surface area contributed by atoms with Crippen LogP contribution in [0.3, 0.4) is 0 Å². The van der Waals surface area contributed by atoms with Crippen LogP contribution < -0.4 is 10.6 Å².